The Morgan fingerprint density at radius 2 is 2.00 bits per heavy atom. The lowest BCUT2D eigenvalue weighted by Crippen LogP contribution is -1.98. The molecule has 0 aliphatic rings. The van der Waals surface area contributed by atoms with Crippen molar-refractivity contribution in [3.05, 3.63) is 66.7 Å². The smallest absolute Gasteiger partial charge is 0.137 e. The Kier molecular flexibility index (Phi) is 2.29. The molecule has 0 amide bonds. The Morgan fingerprint density at radius 1 is 1.05 bits per heavy atom. The summed E-state index contributed by atoms with van der Waals surface area (Å²) in [7, 11) is 0. The van der Waals surface area contributed by atoms with Crippen LogP contribution in [0.2, 0.25) is 0 Å². The molecular formula is C16H14N4. The first-order chi connectivity index (χ1) is 9.79. The number of benzene rings is 1. The summed E-state index contributed by atoms with van der Waals surface area (Å²) in [5, 5.41) is 1.20. The normalized spacial score (nSPS) is 11.4. The Balaban J connectivity index is 1.78. The van der Waals surface area contributed by atoms with Gasteiger partial charge in [-0.3, -0.25) is 0 Å². The van der Waals surface area contributed by atoms with Crippen molar-refractivity contribution in [3.63, 3.8) is 0 Å². The monoisotopic (exact) mass is 262 g/mol. The molecule has 2 N–H and O–H groups in total. The molecule has 4 heteroatoms. The van der Waals surface area contributed by atoms with E-state index >= 15 is 0 Å². The minimum absolute atomic E-state index is 0.745. The van der Waals surface area contributed by atoms with Crippen LogP contribution in [0.5, 0.6) is 0 Å². The summed E-state index contributed by atoms with van der Waals surface area (Å²) in [6, 6.07) is 14.1. The minimum atomic E-state index is 0.745. The number of aromatic nitrogens is 3. The molecule has 4 aromatic rings. The average Bonchev–Trinajstić information content (AvgIpc) is 3.03. The third-order valence-corrected chi connectivity index (χ3v) is 3.54. The predicted octanol–water partition coefficient (Wildman–Crippen LogP) is 2.92. The number of imidazole rings is 1. The van der Waals surface area contributed by atoms with E-state index in [1.165, 1.54) is 5.39 Å². The molecular weight excluding hydrogens is 248 g/mol. The molecule has 0 spiro atoms. The molecule has 0 radical (unpaired) electrons. The number of pyridine rings is 1. The van der Waals surface area contributed by atoms with Crippen molar-refractivity contribution in [1.29, 1.82) is 0 Å². The van der Waals surface area contributed by atoms with Gasteiger partial charge in [-0.2, -0.15) is 0 Å². The maximum absolute atomic E-state index is 5.87. The summed E-state index contributed by atoms with van der Waals surface area (Å²) in [4.78, 5) is 4.63. The zero-order chi connectivity index (χ0) is 13.5. The number of rotatable bonds is 2. The van der Waals surface area contributed by atoms with E-state index in [1.54, 1.807) is 0 Å². The first-order valence-corrected chi connectivity index (χ1v) is 6.56. The molecule has 0 atom stereocenters. The van der Waals surface area contributed by atoms with Gasteiger partial charge < -0.3 is 14.7 Å². The van der Waals surface area contributed by atoms with Gasteiger partial charge in [0.15, 0.2) is 0 Å². The number of nitrogens with two attached hydrogens (primary N) is 1. The van der Waals surface area contributed by atoms with Crippen molar-refractivity contribution < 1.29 is 0 Å². The fraction of sp³-hybridized carbons (Fsp3) is 0.0625. The van der Waals surface area contributed by atoms with Crippen molar-refractivity contribution in [2.45, 2.75) is 6.54 Å². The van der Waals surface area contributed by atoms with Gasteiger partial charge in [0.05, 0.1) is 17.8 Å². The first kappa shape index (κ1) is 11.1. The first-order valence-electron chi connectivity index (χ1n) is 6.56. The SMILES string of the molecule is Nc1ccc2ccn(Cc3cn4ccccc4n3)c2c1. The van der Waals surface area contributed by atoms with Crippen LogP contribution in [0.1, 0.15) is 5.69 Å². The summed E-state index contributed by atoms with van der Waals surface area (Å²) >= 11 is 0. The fourth-order valence-electron chi connectivity index (χ4n) is 2.58. The van der Waals surface area contributed by atoms with Crippen LogP contribution in [-0.2, 0) is 6.54 Å². The lowest BCUT2D eigenvalue weighted by molar-refractivity contribution is 0.815. The molecule has 1 aromatic carbocycles. The van der Waals surface area contributed by atoms with Gasteiger partial charge in [-0.25, -0.2) is 4.98 Å². The lowest BCUT2D eigenvalue weighted by atomic mass is 10.2. The molecule has 0 saturated heterocycles. The molecule has 4 nitrogen and oxygen atoms in total. The molecule has 0 aliphatic heterocycles. The third kappa shape index (κ3) is 1.73. The van der Waals surface area contributed by atoms with Gasteiger partial charge in [-0.15, -0.1) is 0 Å². The molecule has 0 saturated carbocycles. The van der Waals surface area contributed by atoms with Crippen LogP contribution < -0.4 is 5.73 Å². The van der Waals surface area contributed by atoms with E-state index in [9.17, 15) is 0 Å². The van der Waals surface area contributed by atoms with E-state index in [0.29, 0.717) is 0 Å². The van der Waals surface area contributed by atoms with Gasteiger partial charge in [0, 0.05) is 24.3 Å². The number of nitrogens with zero attached hydrogens (tertiary/aromatic N) is 3. The molecule has 4 rings (SSSR count). The van der Waals surface area contributed by atoms with E-state index in [-0.39, 0.29) is 0 Å². The fourth-order valence-corrected chi connectivity index (χ4v) is 2.58. The van der Waals surface area contributed by atoms with Crippen molar-refractivity contribution >= 4 is 22.2 Å². The molecule has 3 heterocycles. The van der Waals surface area contributed by atoms with Crippen LogP contribution in [0.3, 0.4) is 0 Å². The highest BCUT2D eigenvalue weighted by Crippen LogP contribution is 2.20. The van der Waals surface area contributed by atoms with Gasteiger partial charge in [-0.1, -0.05) is 12.1 Å². The predicted molar refractivity (Wildman–Crippen MR) is 80.6 cm³/mol. The molecule has 0 bridgehead atoms. The second kappa shape index (κ2) is 4.13. The molecule has 98 valence electrons. The number of hydrogen-bond donors (Lipinski definition) is 1. The average molecular weight is 262 g/mol. The Morgan fingerprint density at radius 3 is 2.90 bits per heavy atom. The van der Waals surface area contributed by atoms with Crippen LogP contribution in [0.25, 0.3) is 16.6 Å². The van der Waals surface area contributed by atoms with Crippen molar-refractivity contribution in [2.75, 3.05) is 5.73 Å². The second-order valence-electron chi connectivity index (χ2n) is 4.96. The second-order valence-corrected chi connectivity index (χ2v) is 4.96. The van der Waals surface area contributed by atoms with Crippen LogP contribution >= 0.6 is 0 Å². The number of fused-ring (bicyclic) bond motifs is 2. The molecule has 0 fully saturated rings. The highest BCUT2D eigenvalue weighted by molar-refractivity contribution is 5.83. The zero-order valence-electron chi connectivity index (χ0n) is 10.9. The van der Waals surface area contributed by atoms with Crippen LogP contribution in [0.15, 0.2) is 61.1 Å². The Bertz CT molecular complexity index is 868. The minimum Gasteiger partial charge on any atom is -0.399 e. The van der Waals surface area contributed by atoms with Gasteiger partial charge in [0.1, 0.15) is 5.65 Å². The Hall–Kier alpha value is -2.75. The molecule has 20 heavy (non-hydrogen) atoms. The van der Waals surface area contributed by atoms with Crippen molar-refractivity contribution in [3.8, 4) is 0 Å². The number of hydrogen-bond acceptors (Lipinski definition) is 2. The van der Waals surface area contributed by atoms with Crippen molar-refractivity contribution in [2.24, 2.45) is 0 Å². The van der Waals surface area contributed by atoms with E-state index < -0.39 is 0 Å². The van der Waals surface area contributed by atoms with E-state index in [2.05, 4.69) is 28.0 Å². The standard InChI is InChI=1S/C16H14N4/c17-13-5-4-12-6-8-19(15(12)9-13)10-14-11-20-7-2-1-3-16(20)18-14/h1-9,11H,10,17H2. The topological polar surface area (TPSA) is 48.2 Å². The highest BCUT2D eigenvalue weighted by Gasteiger charge is 2.05. The lowest BCUT2D eigenvalue weighted by Gasteiger charge is -2.03. The summed E-state index contributed by atoms with van der Waals surface area (Å²) in [6.07, 6.45) is 6.15. The van der Waals surface area contributed by atoms with Gasteiger partial charge in [0.25, 0.3) is 0 Å². The highest BCUT2D eigenvalue weighted by atomic mass is 15.0. The van der Waals surface area contributed by atoms with E-state index in [4.69, 9.17) is 5.73 Å². The maximum Gasteiger partial charge on any atom is 0.137 e. The summed E-state index contributed by atoms with van der Waals surface area (Å²) in [5.41, 5.74) is 9.81. The van der Waals surface area contributed by atoms with E-state index in [0.717, 1.165) is 29.1 Å². The third-order valence-electron chi connectivity index (χ3n) is 3.54. The van der Waals surface area contributed by atoms with Crippen LogP contribution in [0, 0.1) is 0 Å². The molecule has 0 aliphatic carbocycles. The van der Waals surface area contributed by atoms with Crippen LogP contribution in [0.4, 0.5) is 5.69 Å². The molecule has 3 aromatic heterocycles. The zero-order valence-corrected chi connectivity index (χ0v) is 10.9. The van der Waals surface area contributed by atoms with Gasteiger partial charge >= 0.3 is 0 Å². The molecule has 0 unspecified atom stereocenters. The van der Waals surface area contributed by atoms with Gasteiger partial charge in [0.2, 0.25) is 0 Å². The van der Waals surface area contributed by atoms with Crippen molar-refractivity contribution in [1.82, 2.24) is 14.0 Å². The number of anilines is 1. The van der Waals surface area contributed by atoms with Crippen LogP contribution in [-0.4, -0.2) is 14.0 Å². The summed E-state index contributed by atoms with van der Waals surface area (Å²) in [5.74, 6) is 0. The summed E-state index contributed by atoms with van der Waals surface area (Å²) in [6.45, 7) is 0.745. The Labute approximate surface area is 116 Å². The quantitative estimate of drug-likeness (QED) is 0.565. The summed E-state index contributed by atoms with van der Waals surface area (Å²) < 4.78 is 4.21. The largest absolute Gasteiger partial charge is 0.399 e. The van der Waals surface area contributed by atoms with E-state index in [1.807, 2.05) is 47.0 Å². The van der Waals surface area contributed by atoms with Gasteiger partial charge in [-0.05, 0) is 35.7 Å². The maximum atomic E-state index is 5.87. The number of nitrogen functional groups attached to an aromatic ring is 1.